The number of nitrogens with one attached hydrogen (secondary N) is 2. The summed E-state index contributed by atoms with van der Waals surface area (Å²) in [5.74, 6) is 2.28. The van der Waals surface area contributed by atoms with Crippen LogP contribution in [0.3, 0.4) is 0 Å². The van der Waals surface area contributed by atoms with Crippen LogP contribution in [0.15, 0.2) is 59.6 Å². The smallest absolute Gasteiger partial charge is 0.192 e. The monoisotopic (exact) mass is 434 g/mol. The molecule has 1 atom stereocenters. The van der Waals surface area contributed by atoms with Crippen LogP contribution in [0.2, 0.25) is 0 Å². The maximum absolute atomic E-state index is 10.7. The van der Waals surface area contributed by atoms with Crippen LogP contribution in [0, 0.1) is 6.92 Å². The lowest BCUT2D eigenvalue weighted by Crippen LogP contribution is -2.39. The SMILES string of the molecule is Cc1nnc(CNC(=NCc2ccccc2)NCC(O)c2ccc(C(C)(C)C)cc2)n1C. The van der Waals surface area contributed by atoms with Crippen molar-refractivity contribution in [3.05, 3.63) is 82.9 Å². The van der Waals surface area contributed by atoms with Crippen molar-refractivity contribution >= 4 is 5.96 Å². The fraction of sp³-hybridized carbons (Fsp3) is 0.400. The number of aliphatic imine (C=N–C) groups is 1. The Kier molecular flexibility index (Phi) is 7.64. The number of hydrogen-bond acceptors (Lipinski definition) is 4. The lowest BCUT2D eigenvalue weighted by Gasteiger charge is -2.20. The minimum absolute atomic E-state index is 0.0844. The van der Waals surface area contributed by atoms with Gasteiger partial charge in [-0.3, -0.25) is 0 Å². The molecule has 0 spiro atoms. The van der Waals surface area contributed by atoms with Crippen LogP contribution >= 0.6 is 0 Å². The molecule has 0 saturated carbocycles. The van der Waals surface area contributed by atoms with Crippen LogP contribution < -0.4 is 10.6 Å². The molecule has 1 aromatic heterocycles. The number of aryl methyl sites for hydroxylation is 1. The van der Waals surface area contributed by atoms with Crippen LogP contribution in [-0.2, 0) is 25.6 Å². The van der Waals surface area contributed by atoms with Gasteiger partial charge in [-0.25, -0.2) is 4.99 Å². The Labute approximate surface area is 190 Å². The van der Waals surface area contributed by atoms with Crippen molar-refractivity contribution in [2.45, 2.75) is 52.3 Å². The van der Waals surface area contributed by atoms with E-state index in [2.05, 4.69) is 58.7 Å². The molecule has 0 amide bonds. The number of guanidine groups is 1. The summed E-state index contributed by atoms with van der Waals surface area (Å²) in [5, 5.41) is 25.6. The summed E-state index contributed by atoms with van der Waals surface area (Å²) >= 11 is 0. The Bertz CT molecular complexity index is 1020. The molecule has 0 aliphatic carbocycles. The first-order valence-electron chi connectivity index (χ1n) is 10.9. The fourth-order valence-corrected chi connectivity index (χ4v) is 3.21. The van der Waals surface area contributed by atoms with E-state index in [4.69, 9.17) is 0 Å². The van der Waals surface area contributed by atoms with Crippen LogP contribution in [-0.4, -0.2) is 32.4 Å². The average Bonchev–Trinajstić information content (AvgIpc) is 3.10. The highest BCUT2D eigenvalue weighted by atomic mass is 16.3. The predicted octanol–water partition coefficient (Wildman–Crippen LogP) is 3.39. The maximum Gasteiger partial charge on any atom is 0.192 e. The van der Waals surface area contributed by atoms with Crippen LogP contribution in [0.1, 0.15) is 55.2 Å². The van der Waals surface area contributed by atoms with Gasteiger partial charge < -0.3 is 20.3 Å². The minimum Gasteiger partial charge on any atom is -0.387 e. The van der Waals surface area contributed by atoms with Gasteiger partial charge in [-0.05, 0) is 29.0 Å². The van der Waals surface area contributed by atoms with Gasteiger partial charge in [-0.15, -0.1) is 10.2 Å². The molecule has 3 rings (SSSR count). The highest BCUT2D eigenvalue weighted by Gasteiger charge is 2.15. The number of aliphatic hydroxyl groups excluding tert-OH is 1. The number of rotatable bonds is 7. The van der Waals surface area contributed by atoms with Crippen LogP contribution in [0.25, 0.3) is 0 Å². The zero-order valence-electron chi connectivity index (χ0n) is 19.6. The maximum atomic E-state index is 10.7. The molecule has 0 saturated heterocycles. The Morgan fingerprint density at radius 1 is 1.03 bits per heavy atom. The van der Waals surface area contributed by atoms with Gasteiger partial charge in [-0.2, -0.15) is 0 Å². The summed E-state index contributed by atoms with van der Waals surface area (Å²) < 4.78 is 1.94. The number of nitrogens with zero attached hydrogens (tertiary/aromatic N) is 4. The van der Waals surface area contributed by atoms with E-state index in [1.54, 1.807) is 0 Å². The molecule has 0 aliphatic heterocycles. The molecule has 7 nitrogen and oxygen atoms in total. The molecule has 0 fully saturated rings. The summed E-state index contributed by atoms with van der Waals surface area (Å²) in [7, 11) is 1.94. The molecule has 3 N–H and O–H groups in total. The first kappa shape index (κ1) is 23.5. The van der Waals surface area contributed by atoms with E-state index < -0.39 is 6.10 Å². The normalized spacial score (nSPS) is 13.1. The number of aliphatic hydroxyl groups is 1. The third-order valence-corrected chi connectivity index (χ3v) is 5.48. The van der Waals surface area contributed by atoms with Gasteiger partial charge in [0.25, 0.3) is 0 Å². The molecule has 32 heavy (non-hydrogen) atoms. The van der Waals surface area contributed by atoms with E-state index in [0.717, 1.165) is 22.8 Å². The first-order valence-corrected chi connectivity index (χ1v) is 10.9. The first-order chi connectivity index (χ1) is 15.2. The standard InChI is InChI=1S/C25H34N6O/c1-18-29-30-23(31(18)5)17-28-24(26-15-19-9-7-6-8-10-19)27-16-22(32)20-11-13-21(14-12-20)25(2,3)4/h6-14,22,32H,15-17H2,1-5H3,(H2,26,27,28). The van der Waals surface area contributed by atoms with E-state index >= 15 is 0 Å². The molecule has 1 heterocycles. The van der Waals surface area contributed by atoms with Crippen LogP contribution in [0.5, 0.6) is 0 Å². The van der Waals surface area contributed by atoms with E-state index in [1.807, 2.05) is 61.0 Å². The fourth-order valence-electron chi connectivity index (χ4n) is 3.21. The van der Waals surface area contributed by atoms with Crippen molar-refractivity contribution in [2.75, 3.05) is 6.54 Å². The molecule has 0 aliphatic rings. The Balaban J connectivity index is 1.66. The van der Waals surface area contributed by atoms with E-state index in [-0.39, 0.29) is 5.41 Å². The number of benzene rings is 2. The number of aromatic nitrogens is 3. The molecular weight excluding hydrogens is 400 g/mol. The Hall–Kier alpha value is -3.19. The van der Waals surface area contributed by atoms with Gasteiger partial charge in [0.2, 0.25) is 0 Å². The van der Waals surface area contributed by atoms with Gasteiger partial charge >= 0.3 is 0 Å². The third-order valence-electron chi connectivity index (χ3n) is 5.48. The predicted molar refractivity (Wildman–Crippen MR) is 128 cm³/mol. The third kappa shape index (κ3) is 6.40. The summed E-state index contributed by atoms with van der Waals surface area (Å²) in [6, 6.07) is 18.2. The van der Waals surface area contributed by atoms with E-state index in [0.29, 0.717) is 25.6 Å². The Morgan fingerprint density at radius 2 is 1.72 bits per heavy atom. The van der Waals surface area contributed by atoms with Crippen molar-refractivity contribution in [3.8, 4) is 0 Å². The second-order valence-electron chi connectivity index (χ2n) is 9.00. The Morgan fingerprint density at radius 3 is 2.31 bits per heavy atom. The average molecular weight is 435 g/mol. The molecule has 0 radical (unpaired) electrons. The lowest BCUT2D eigenvalue weighted by molar-refractivity contribution is 0.180. The second kappa shape index (κ2) is 10.4. The van der Waals surface area contributed by atoms with Gasteiger partial charge in [-0.1, -0.05) is 75.4 Å². The van der Waals surface area contributed by atoms with Crippen molar-refractivity contribution < 1.29 is 5.11 Å². The van der Waals surface area contributed by atoms with Gasteiger partial charge in [0.05, 0.1) is 19.2 Å². The van der Waals surface area contributed by atoms with Gasteiger partial charge in [0.15, 0.2) is 11.8 Å². The highest BCUT2D eigenvalue weighted by Crippen LogP contribution is 2.23. The summed E-state index contributed by atoms with van der Waals surface area (Å²) in [6.45, 7) is 9.81. The van der Waals surface area contributed by atoms with Crippen LogP contribution in [0.4, 0.5) is 0 Å². The molecule has 0 bridgehead atoms. The summed E-state index contributed by atoms with van der Waals surface area (Å²) in [6.07, 6.45) is -0.648. The van der Waals surface area contributed by atoms with E-state index in [9.17, 15) is 5.11 Å². The topological polar surface area (TPSA) is 87.4 Å². The van der Waals surface area contributed by atoms with Gasteiger partial charge in [0.1, 0.15) is 5.82 Å². The highest BCUT2D eigenvalue weighted by molar-refractivity contribution is 5.79. The molecular formula is C25H34N6O. The quantitative estimate of drug-likeness (QED) is 0.392. The largest absolute Gasteiger partial charge is 0.387 e. The van der Waals surface area contributed by atoms with E-state index in [1.165, 1.54) is 5.56 Å². The minimum atomic E-state index is -0.648. The molecule has 1 unspecified atom stereocenters. The molecule has 2 aromatic carbocycles. The van der Waals surface area contributed by atoms with Crippen molar-refractivity contribution in [1.82, 2.24) is 25.4 Å². The van der Waals surface area contributed by atoms with Gasteiger partial charge in [0, 0.05) is 13.6 Å². The summed E-state index contributed by atoms with van der Waals surface area (Å²) in [4.78, 5) is 4.68. The molecule has 7 heteroatoms. The second-order valence-corrected chi connectivity index (χ2v) is 9.00. The molecule has 3 aromatic rings. The van der Waals surface area contributed by atoms with Crippen molar-refractivity contribution in [2.24, 2.45) is 12.0 Å². The molecule has 170 valence electrons. The zero-order chi connectivity index (χ0) is 23.1. The van der Waals surface area contributed by atoms with Crippen molar-refractivity contribution in [3.63, 3.8) is 0 Å². The van der Waals surface area contributed by atoms with Crippen molar-refractivity contribution in [1.29, 1.82) is 0 Å². The summed E-state index contributed by atoms with van der Waals surface area (Å²) in [5.41, 5.74) is 3.31. The number of hydrogen-bond donors (Lipinski definition) is 3. The zero-order valence-corrected chi connectivity index (χ0v) is 19.6. The lowest BCUT2D eigenvalue weighted by atomic mass is 9.86.